The molecule has 0 aliphatic heterocycles. The van der Waals surface area contributed by atoms with Gasteiger partial charge >= 0.3 is 0 Å². The first-order chi connectivity index (χ1) is 11.3. The molecule has 1 aromatic carbocycles. The Morgan fingerprint density at radius 2 is 1.91 bits per heavy atom. The molecule has 4 nitrogen and oxygen atoms in total. The largest absolute Gasteiger partial charge is 0.356 e. The summed E-state index contributed by atoms with van der Waals surface area (Å²) in [6.07, 6.45) is 11.5. The first-order valence-corrected chi connectivity index (χ1v) is 8.12. The van der Waals surface area contributed by atoms with Gasteiger partial charge in [0.25, 0.3) is 0 Å². The summed E-state index contributed by atoms with van der Waals surface area (Å²) in [6.45, 7) is 0.632. The lowest BCUT2D eigenvalue weighted by molar-refractivity contribution is -0.125. The van der Waals surface area contributed by atoms with Crippen LogP contribution in [0, 0.1) is 5.92 Å². The summed E-state index contributed by atoms with van der Waals surface area (Å²) in [4.78, 5) is 20.9. The predicted octanol–water partition coefficient (Wildman–Crippen LogP) is 3.16. The molecule has 1 unspecified atom stereocenters. The highest BCUT2D eigenvalue weighted by molar-refractivity contribution is 5.78. The van der Waals surface area contributed by atoms with Crippen LogP contribution in [0.2, 0.25) is 0 Å². The Morgan fingerprint density at radius 1 is 1.13 bits per heavy atom. The van der Waals surface area contributed by atoms with Crippen molar-refractivity contribution in [1.29, 1.82) is 0 Å². The molecular weight excluding hydrogens is 286 g/mol. The van der Waals surface area contributed by atoms with Gasteiger partial charge in [-0.1, -0.05) is 42.5 Å². The van der Waals surface area contributed by atoms with Crippen LogP contribution in [0.25, 0.3) is 11.4 Å². The van der Waals surface area contributed by atoms with Gasteiger partial charge < -0.3 is 5.32 Å². The minimum absolute atomic E-state index is 0.136. The number of hydrogen-bond donors (Lipinski definition) is 1. The van der Waals surface area contributed by atoms with E-state index in [9.17, 15) is 4.79 Å². The van der Waals surface area contributed by atoms with Crippen LogP contribution >= 0.6 is 0 Å². The molecule has 2 aromatic rings. The van der Waals surface area contributed by atoms with Crippen LogP contribution in [-0.2, 0) is 11.2 Å². The SMILES string of the molecule is O=C(NCCc1cnc(-c2ccccc2)nc1)C1CC=CCC1. The fourth-order valence-electron chi connectivity index (χ4n) is 2.73. The Balaban J connectivity index is 1.49. The standard InChI is InChI=1S/C19H21N3O/c23-19(17-9-5-2-6-10-17)20-12-11-15-13-21-18(22-14-15)16-7-3-1-4-8-16/h1-5,7-8,13-14,17H,6,9-12H2,(H,20,23). The van der Waals surface area contributed by atoms with Crippen molar-refractivity contribution in [1.82, 2.24) is 15.3 Å². The Kier molecular flexibility index (Phi) is 5.14. The summed E-state index contributed by atoms with van der Waals surface area (Å²) in [7, 11) is 0. The molecule has 1 aliphatic rings. The second-order valence-corrected chi connectivity index (χ2v) is 5.80. The smallest absolute Gasteiger partial charge is 0.223 e. The van der Waals surface area contributed by atoms with Crippen molar-refractivity contribution in [2.45, 2.75) is 25.7 Å². The summed E-state index contributed by atoms with van der Waals surface area (Å²) in [5.74, 6) is 1.03. The van der Waals surface area contributed by atoms with E-state index >= 15 is 0 Å². The lowest BCUT2D eigenvalue weighted by atomic mass is 9.94. The fraction of sp³-hybridized carbons (Fsp3) is 0.316. The number of nitrogens with zero attached hydrogens (tertiary/aromatic N) is 2. The van der Waals surface area contributed by atoms with Gasteiger partial charge in [0, 0.05) is 30.4 Å². The lowest BCUT2D eigenvalue weighted by Gasteiger charge is -2.17. The van der Waals surface area contributed by atoms with Crippen molar-refractivity contribution in [3.8, 4) is 11.4 Å². The van der Waals surface area contributed by atoms with Crippen LogP contribution in [0.15, 0.2) is 54.9 Å². The van der Waals surface area contributed by atoms with Crippen molar-refractivity contribution >= 4 is 5.91 Å². The number of nitrogens with one attached hydrogen (secondary N) is 1. The molecule has 1 N–H and O–H groups in total. The number of allylic oxidation sites excluding steroid dienone is 2. The third kappa shape index (κ3) is 4.25. The van der Waals surface area contributed by atoms with E-state index in [-0.39, 0.29) is 11.8 Å². The van der Waals surface area contributed by atoms with Crippen molar-refractivity contribution in [3.63, 3.8) is 0 Å². The zero-order valence-electron chi connectivity index (χ0n) is 13.1. The number of rotatable bonds is 5. The van der Waals surface area contributed by atoms with E-state index in [1.165, 1.54) is 0 Å². The molecule has 4 heteroatoms. The van der Waals surface area contributed by atoms with Gasteiger partial charge in [0.15, 0.2) is 5.82 Å². The van der Waals surface area contributed by atoms with Crippen LogP contribution in [0.4, 0.5) is 0 Å². The molecule has 118 valence electrons. The molecule has 0 saturated heterocycles. The molecule has 0 fully saturated rings. The summed E-state index contributed by atoms with van der Waals surface area (Å²) < 4.78 is 0. The maximum atomic E-state index is 12.1. The van der Waals surface area contributed by atoms with E-state index < -0.39 is 0 Å². The fourth-order valence-corrected chi connectivity index (χ4v) is 2.73. The van der Waals surface area contributed by atoms with E-state index in [1.54, 1.807) is 0 Å². The number of amides is 1. The summed E-state index contributed by atoms with van der Waals surface area (Å²) in [5, 5.41) is 3.02. The van der Waals surface area contributed by atoms with Gasteiger partial charge in [0.1, 0.15) is 0 Å². The highest BCUT2D eigenvalue weighted by Gasteiger charge is 2.17. The molecule has 0 spiro atoms. The first kappa shape index (κ1) is 15.4. The third-order valence-electron chi connectivity index (χ3n) is 4.09. The molecule has 1 amide bonds. The molecule has 1 aliphatic carbocycles. The third-order valence-corrected chi connectivity index (χ3v) is 4.09. The molecule has 1 aromatic heterocycles. The molecule has 0 bridgehead atoms. The zero-order chi connectivity index (χ0) is 15.9. The van der Waals surface area contributed by atoms with Gasteiger partial charge in [-0.15, -0.1) is 0 Å². The molecule has 0 radical (unpaired) electrons. The Labute approximate surface area is 136 Å². The first-order valence-electron chi connectivity index (χ1n) is 8.12. The van der Waals surface area contributed by atoms with Crippen molar-refractivity contribution < 1.29 is 4.79 Å². The topological polar surface area (TPSA) is 54.9 Å². The number of benzene rings is 1. The van der Waals surface area contributed by atoms with Crippen LogP contribution in [0.1, 0.15) is 24.8 Å². The van der Waals surface area contributed by atoms with Gasteiger partial charge in [0.05, 0.1) is 0 Å². The number of aromatic nitrogens is 2. The number of hydrogen-bond acceptors (Lipinski definition) is 3. The van der Waals surface area contributed by atoms with E-state index in [4.69, 9.17) is 0 Å². The Hall–Kier alpha value is -2.49. The second kappa shape index (κ2) is 7.68. The maximum absolute atomic E-state index is 12.1. The van der Waals surface area contributed by atoms with Crippen molar-refractivity contribution in [3.05, 3.63) is 60.4 Å². The van der Waals surface area contributed by atoms with E-state index in [0.29, 0.717) is 6.54 Å². The average Bonchev–Trinajstić information content (AvgIpc) is 2.64. The number of carbonyl (C=O) groups is 1. The molecule has 23 heavy (non-hydrogen) atoms. The van der Waals surface area contributed by atoms with Crippen LogP contribution in [0.5, 0.6) is 0 Å². The quantitative estimate of drug-likeness (QED) is 0.863. The Bertz CT molecular complexity index is 665. The van der Waals surface area contributed by atoms with Crippen LogP contribution < -0.4 is 5.32 Å². The van der Waals surface area contributed by atoms with Crippen LogP contribution in [-0.4, -0.2) is 22.4 Å². The van der Waals surface area contributed by atoms with E-state index in [1.807, 2.05) is 42.7 Å². The summed E-state index contributed by atoms with van der Waals surface area (Å²) >= 11 is 0. The summed E-state index contributed by atoms with van der Waals surface area (Å²) in [6, 6.07) is 9.91. The van der Waals surface area contributed by atoms with Gasteiger partial charge in [-0.05, 0) is 31.2 Å². The minimum Gasteiger partial charge on any atom is -0.356 e. The van der Waals surface area contributed by atoms with Crippen molar-refractivity contribution in [2.24, 2.45) is 5.92 Å². The monoisotopic (exact) mass is 307 g/mol. The molecular formula is C19H21N3O. The maximum Gasteiger partial charge on any atom is 0.223 e. The lowest BCUT2D eigenvalue weighted by Crippen LogP contribution is -2.32. The predicted molar refractivity (Wildman–Crippen MR) is 90.7 cm³/mol. The normalized spacial score (nSPS) is 17.0. The minimum atomic E-state index is 0.136. The van der Waals surface area contributed by atoms with Gasteiger partial charge in [0.2, 0.25) is 5.91 Å². The highest BCUT2D eigenvalue weighted by Crippen LogP contribution is 2.18. The highest BCUT2D eigenvalue weighted by atomic mass is 16.1. The average molecular weight is 307 g/mol. The molecule has 3 rings (SSSR count). The molecule has 1 atom stereocenters. The second-order valence-electron chi connectivity index (χ2n) is 5.80. The van der Waals surface area contributed by atoms with Gasteiger partial charge in [-0.25, -0.2) is 9.97 Å². The van der Waals surface area contributed by atoms with E-state index in [0.717, 1.165) is 42.6 Å². The molecule has 1 heterocycles. The Morgan fingerprint density at radius 3 is 2.61 bits per heavy atom. The number of carbonyl (C=O) groups excluding carboxylic acids is 1. The van der Waals surface area contributed by atoms with Gasteiger partial charge in [-0.2, -0.15) is 0 Å². The van der Waals surface area contributed by atoms with Crippen LogP contribution in [0.3, 0.4) is 0 Å². The van der Waals surface area contributed by atoms with E-state index in [2.05, 4.69) is 27.4 Å². The van der Waals surface area contributed by atoms with Crippen molar-refractivity contribution in [2.75, 3.05) is 6.54 Å². The molecule has 0 saturated carbocycles. The zero-order valence-corrected chi connectivity index (χ0v) is 13.1. The van der Waals surface area contributed by atoms with Gasteiger partial charge in [-0.3, -0.25) is 4.79 Å². The summed E-state index contributed by atoms with van der Waals surface area (Å²) in [5.41, 5.74) is 2.05.